The minimum Gasteiger partial charge on any atom is -0.481 e. The number of rotatable bonds is 7. The van der Waals surface area contributed by atoms with Gasteiger partial charge in [0.15, 0.2) is 0 Å². The topological polar surface area (TPSA) is 77.9 Å². The van der Waals surface area contributed by atoms with Crippen LogP contribution in [0.2, 0.25) is 0 Å². The molecule has 0 aliphatic rings. The zero-order valence-corrected chi connectivity index (χ0v) is 13.6. The van der Waals surface area contributed by atoms with Crippen LogP contribution in [0, 0.1) is 0 Å². The van der Waals surface area contributed by atoms with Crippen molar-refractivity contribution in [3.8, 4) is 0 Å². The van der Waals surface area contributed by atoms with Gasteiger partial charge < -0.3 is 10.0 Å². The second kappa shape index (κ2) is 6.91. The van der Waals surface area contributed by atoms with Crippen molar-refractivity contribution in [2.45, 2.75) is 31.2 Å². The van der Waals surface area contributed by atoms with E-state index in [1.165, 1.54) is 14.1 Å². The molecule has 7 heteroatoms. The standard InChI is InChI=1S/C14H22N2O4S/c1-11(2)16(10-9-14(17)18)12-5-7-13(8-6-12)21(19,20)15(3)4/h5-8,11H,9-10H2,1-4H3,(H,17,18). The molecule has 1 rings (SSSR count). The largest absolute Gasteiger partial charge is 0.481 e. The van der Waals surface area contributed by atoms with Crippen molar-refractivity contribution < 1.29 is 18.3 Å². The average molecular weight is 314 g/mol. The first kappa shape index (κ1) is 17.5. The van der Waals surface area contributed by atoms with Crippen LogP contribution in [0.25, 0.3) is 0 Å². The predicted octanol–water partition coefficient (Wildman–Crippen LogP) is 1.63. The van der Waals surface area contributed by atoms with Gasteiger partial charge in [0.05, 0.1) is 11.3 Å². The van der Waals surface area contributed by atoms with E-state index in [0.29, 0.717) is 6.54 Å². The van der Waals surface area contributed by atoms with Gasteiger partial charge in [-0.2, -0.15) is 0 Å². The van der Waals surface area contributed by atoms with Crippen molar-refractivity contribution in [3.63, 3.8) is 0 Å². The third-order valence-corrected chi connectivity index (χ3v) is 4.97. The first-order chi connectivity index (χ1) is 9.66. The van der Waals surface area contributed by atoms with Crippen molar-refractivity contribution in [1.82, 2.24) is 4.31 Å². The number of nitrogens with zero attached hydrogens (tertiary/aromatic N) is 2. The number of sulfonamides is 1. The fourth-order valence-electron chi connectivity index (χ4n) is 1.92. The van der Waals surface area contributed by atoms with Gasteiger partial charge in [-0.25, -0.2) is 12.7 Å². The summed E-state index contributed by atoms with van der Waals surface area (Å²) >= 11 is 0. The molecule has 0 saturated heterocycles. The summed E-state index contributed by atoms with van der Waals surface area (Å²) < 4.78 is 25.2. The molecule has 0 bridgehead atoms. The van der Waals surface area contributed by atoms with Crippen LogP contribution in [0.3, 0.4) is 0 Å². The van der Waals surface area contributed by atoms with E-state index < -0.39 is 16.0 Å². The van der Waals surface area contributed by atoms with Crippen molar-refractivity contribution in [2.24, 2.45) is 0 Å². The molecule has 118 valence electrons. The van der Waals surface area contributed by atoms with Crippen LogP contribution in [-0.2, 0) is 14.8 Å². The molecular formula is C14H22N2O4S. The van der Waals surface area contributed by atoms with E-state index in [1.54, 1.807) is 24.3 Å². The Morgan fingerprint density at radius 1 is 1.19 bits per heavy atom. The Balaban J connectivity index is 3.01. The number of hydrogen-bond acceptors (Lipinski definition) is 4. The number of carboxylic acids is 1. The maximum atomic E-state index is 12.0. The summed E-state index contributed by atoms with van der Waals surface area (Å²) in [5, 5.41) is 8.79. The van der Waals surface area contributed by atoms with Crippen LogP contribution in [0.15, 0.2) is 29.2 Å². The third kappa shape index (κ3) is 4.44. The average Bonchev–Trinajstić information content (AvgIpc) is 2.38. The molecule has 1 aromatic carbocycles. The van der Waals surface area contributed by atoms with Crippen LogP contribution < -0.4 is 4.90 Å². The Morgan fingerprint density at radius 2 is 1.71 bits per heavy atom. The van der Waals surface area contributed by atoms with Crippen LogP contribution in [0.5, 0.6) is 0 Å². The predicted molar refractivity (Wildman–Crippen MR) is 82.0 cm³/mol. The van der Waals surface area contributed by atoms with Gasteiger partial charge in [-0.05, 0) is 38.1 Å². The van der Waals surface area contributed by atoms with E-state index in [1.807, 2.05) is 18.7 Å². The van der Waals surface area contributed by atoms with Gasteiger partial charge in [0.2, 0.25) is 10.0 Å². The molecule has 0 atom stereocenters. The van der Waals surface area contributed by atoms with Gasteiger partial charge in [-0.1, -0.05) is 0 Å². The van der Waals surface area contributed by atoms with E-state index in [4.69, 9.17) is 5.11 Å². The Labute approximate surface area is 126 Å². The lowest BCUT2D eigenvalue weighted by molar-refractivity contribution is -0.136. The van der Waals surface area contributed by atoms with Gasteiger partial charge in [-0.15, -0.1) is 0 Å². The summed E-state index contributed by atoms with van der Waals surface area (Å²) in [6.07, 6.45) is 0.0376. The molecule has 0 aliphatic carbocycles. The smallest absolute Gasteiger partial charge is 0.305 e. The summed E-state index contributed by atoms with van der Waals surface area (Å²) in [6, 6.07) is 6.62. The highest BCUT2D eigenvalue weighted by Crippen LogP contribution is 2.21. The number of carbonyl (C=O) groups is 1. The Bertz CT molecular complexity index is 579. The van der Waals surface area contributed by atoms with Gasteiger partial charge in [0.25, 0.3) is 0 Å². The molecule has 0 spiro atoms. The highest BCUT2D eigenvalue weighted by atomic mass is 32.2. The van der Waals surface area contributed by atoms with Gasteiger partial charge >= 0.3 is 5.97 Å². The van der Waals surface area contributed by atoms with E-state index in [-0.39, 0.29) is 17.4 Å². The summed E-state index contributed by atoms with van der Waals surface area (Å²) in [4.78, 5) is 12.9. The molecule has 6 nitrogen and oxygen atoms in total. The van der Waals surface area contributed by atoms with Crippen molar-refractivity contribution >= 4 is 21.7 Å². The summed E-state index contributed by atoms with van der Waals surface area (Å²) in [7, 11) is -0.479. The summed E-state index contributed by atoms with van der Waals surface area (Å²) in [6.45, 7) is 4.31. The van der Waals surface area contributed by atoms with Crippen molar-refractivity contribution in [1.29, 1.82) is 0 Å². The molecule has 1 N–H and O–H groups in total. The molecule has 0 heterocycles. The monoisotopic (exact) mass is 314 g/mol. The molecule has 0 aromatic heterocycles. The molecule has 21 heavy (non-hydrogen) atoms. The lowest BCUT2D eigenvalue weighted by Gasteiger charge is -2.28. The third-order valence-electron chi connectivity index (χ3n) is 3.14. The van der Waals surface area contributed by atoms with E-state index in [2.05, 4.69) is 0 Å². The zero-order chi connectivity index (χ0) is 16.2. The van der Waals surface area contributed by atoms with Crippen LogP contribution in [0.4, 0.5) is 5.69 Å². The zero-order valence-electron chi connectivity index (χ0n) is 12.8. The minimum atomic E-state index is -3.44. The number of aliphatic carboxylic acids is 1. The number of carboxylic acid groups (broad SMARTS) is 1. The maximum absolute atomic E-state index is 12.0. The highest BCUT2D eigenvalue weighted by molar-refractivity contribution is 7.89. The van der Waals surface area contributed by atoms with Crippen molar-refractivity contribution in [2.75, 3.05) is 25.5 Å². The van der Waals surface area contributed by atoms with Gasteiger partial charge in [0, 0.05) is 32.4 Å². The molecular weight excluding hydrogens is 292 g/mol. The van der Waals surface area contributed by atoms with Crippen LogP contribution >= 0.6 is 0 Å². The Hall–Kier alpha value is -1.60. The number of hydrogen-bond donors (Lipinski definition) is 1. The minimum absolute atomic E-state index is 0.0376. The van der Waals surface area contributed by atoms with Crippen LogP contribution in [0.1, 0.15) is 20.3 Å². The number of benzene rings is 1. The second-order valence-electron chi connectivity index (χ2n) is 5.21. The fourth-order valence-corrected chi connectivity index (χ4v) is 2.82. The van der Waals surface area contributed by atoms with E-state index in [9.17, 15) is 13.2 Å². The van der Waals surface area contributed by atoms with E-state index in [0.717, 1.165) is 9.99 Å². The first-order valence-electron chi connectivity index (χ1n) is 6.67. The molecule has 1 aromatic rings. The highest BCUT2D eigenvalue weighted by Gasteiger charge is 2.18. The summed E-state index contributed by atoms with van der Waals surface area (Å²) in [5.41, 5.74) is 0.809. The Morgan fingerprint density at radius 3 is 2.10 bits per heavy atom. The lowest BCUT2D eigenvalue weighted by Crippen LogP contribution is -2.32. The second-order valence-corrected chi connectivity index (χ2v) is 7.36. The van der Waals surface area contributed by atoms with Crippen LogP contribution in [-0.4, -0.2) is 50.5 Å². The molecule has 0 saturated carbocycles. The van der Waals surface area contributed by atoms with E-state index >= 15 is 0 Å². The normalized spacial score (nSPS) is 11.9. The first-order valence-corrected chi connectivity index (χ1v) is 8.11. The molecule has 0 radical (unpaired) electrons. The maximum Gasteiger partial charge on any atom is 0.305 e. The Kier molecular flexibility index (Phi) is 5.74. The number of anilines is 1. The lowest BCUT2D eigenvalue weighted by atomic mass is 10.2. The summed E-state index contributed by atoms with van der Waals surface area (Å²) in [5.74, 6) is -0.854. The molecule has 0 amide bonds. The van der Waals surface area contributed by atoms with Crippen molar-refractivity contribution in [3.05, 3.63) is 24.3 Å². The molecule has 0 aliphatic heterocycles. The van der Waals surface area contributed by atoms with Gasteiger partial charge in [0.1, 0.15) is 0 Å². The van der Waals surface area contributed by atoms with Gasteiger partial charge in [-0.3, -0.25) is 4.79 Å². The quantitative estimate of drug-likeness (QED) is 0.827. The molecule has 0 fully saturated rings. The SMILES string of the molecule is CC(C)N(CCC(=O)O)c1ccc(S(=O)(=O)N(C)C)cc1. The fraction of sp³-hybridized carbons (Fsp3) is 0.500. The molecule has 0 unspecified atom stereocenters.